The second kappa shape index (κ2) is 6.20. The normalized spacial score (nSPS) is 11.0. The Morgan fingerprint density at radius 2 is 1.91 bits per heavy atom. The Balaban J connectivity index is 1.78. The quantitative estimate of drug-likeness (QED) is 0.786. The van der Waals surface area contributed by atoms with Crippen LogP contribution < -0.4 is 10.5 Å². The Morgan fingerprint density at radius 3 is 2.68 bits per heavy atom. The van der Waals surface area contributed by atoms with Gasteiger partial charge in [-0.1, -0.05) is 18.2 Å². The lowest BCUT2D eigenvalue weighted by Crippen LogP contribution is -2.13. The van der Waals surface area contributed by atoms with E-state index >= 15 is 0 Å². The molecule has 0 unspecified atom stereocenters. The van der Waals surface area contributed by atoms with Crippen LogP contribution in [0, 0.1) is 13.8 Å². The molecule has 0 aliphatic heterocycles. The zero-order valence-corrected chi connectivity index (χ0v) is 13.0. The van der Waals surface area contributed by atoms with Crippen LogP contribution in [0.2, 0.25) is 0 Å². The van der Waals surface area contributed by atoms with Crippen LogP contribution in [0.1, 0.15) is 17.0 Å². The number of imidazole rings is 1. The molecule has 0 radical (unpaired) electrons. The fourth-order valence-corrected chi connectivity index (χ4v) is 2.65. The Kier molecular flexibility index (Phi) is 4.11. The van der Waals surface area contributed by atoms with Crippen molar-refractivity contribution in [1.82, 2.24) is 9.55 Å². The second-order valence-corrected chi connectivity index (χ2v) is 5.54. The third-order valence-corrected chi connectivity index (χ3v) is 3.74. The molecule has 0 atom stereocenters. The number of benzene rings is 2. The van der Waals surface area contributed by atoms with Crippen LogP contribution in [0.5, 0.6) is 5.75 Å². The molecule has 0 saturated heterocycles. The molecule has 0 saturated carbocycles. The molecule has 0 fully saturated rings. The number of nitrogens with zero attached hydrogens (tertiary/aromatic N) is 2. The van der Waals surface area contributed by atoms with Gasteiger partial charge in [-0.25, -0.2) is 4.98 Å². The minimum Gasteiger partial charge on any atom is -0.492 e. The summed E-state index contributed by atoms with van der Waals surface area (Å²) in [5, 5.41) is 0. The highest BCUT2D eigenvalue weighted by Gasteiger charge is 2.09. The average molecular weight is 295 g/mol. The lowest BCUT2D eigenvalue weighted by atomic mass is 10.2. The van der Waals surface area contributed by atoms with Gasteiger partial charge in [-0.2, -0.15) is 0 Å². The van der Waals surface area contributed by atoms with Gasteiger partial charge in [0.05, 0.1) is 24.1 Å². The minimum atomic E-state index is 0.429. The molecular weight excluding hydrogens is 274 g/mol. The number of ether oxygens (including phenoxy) is 1. The van der Waals surface area contributed by atoms with Gasteiger partial charge in [-0.15, -0.1) is 0 Å². The van der Waals surface area contributed by atoms with E-state index in [0.717, 1.165) is 29.2 Å². The minimum absolute atomic E-state index is 0.429. The van der Waals surface area contributed by atoms with E-state index in [2.05, 4.69) is 47.7 Å². The van der Waals surface area contributed by atoms with Gasteiger partial charge in [-0.3, -0.25) is 0 Å². The van der Waals surface area contributed by atoms with E-state index in [4.69, 9.17) is 10.5 Å². The summed E-state index contributed by atoms with van der Waals surface area (Å²) >= 11 is 0. The zero-order valence-electron chi connectivity index (χ0n) is 13.0. The molecule has 114 valence electrons. The van der Waals surface area contributed by atoms with Crippen molar-refractivity contribution in [3.8, 4) is 5.75 Å². The second-order valence-electron chi connectivity index (χ2n) is 5.54. The van der Waals surface area contributed by atoms with E-state index in [1.54, 1.807) is 0 Å². The number of hydrogen-bond donors (Lipinski definition) is 1. The van der Waals surface area contributed by atoms with E-state index in [0.29, 0.717) is 13.2 Å². The van der Waals surface area contributed by atoms with Crippen molar-refractivity contribution in [1.29, 1.82) is 0 Å². The highest BCUT2D eigenvalue weighted by atomic mass is 16.5. The van der Waals surface area contributed by atoms with Gasteiger partial charge in [0.15, 0.2) is 0 Å². The number of aryl methyl sites for hydroxylation is 2. The molecule has 0 aliphatic carbocycles. The molecule has 0 spiro atoms. The van der Waals surface area contributed by atoms with Gasteiger partial charge < -0.3 is 15.0 Å². The van der Waals surface area contributed by atoms with Crippen LogP contribution in [-0.2, 0) is 13.1 Å². The highest BCUT2D eigenvalue weighted by Crippen LogP contribution is 2.18. The predicted molar refractivity (Wildman–Crippen MR) is 89.0 cm³/mol. The summed E-state index contributed by atoms with van der Waals surface area (Å²) in [5.41, 5.74) is 10.3. The first-order valence-corrected chi connectivity index (χ1v) is 7.52. The van der Waals surface area contributed by atoms with Crippen molar-refractivity contribution < 1.29 is 4.74 Å². The summed E-state index contributed by atoms with van der Waals surface area (Å²) in [6.45, 7) is 5.89. The van der Waals surface area contributed by atoms with Crippen LogP contribution in [0.15, 0.2) is 42.5 Å². The molecule has 2 aromatic carbocycles. The van der Waals surface area contributed by atoms with E-state index < -0.39 is 0 Å². The van der Waals surface area contributed by atoms with Gasteiger partial charge in [0.1, 0.15) is 18.2 Å². The molecule has 0 bridgehead atoms. The van der Waals surface area contributed by atoms with Crippen molar-refractivity contribution in [2.75, 3.05) is 6.61 Å². The van der Waals surface area contributed by atoms with Crippen LogP contribution in [-0.4, -0.2) is 16.2 Å². The Hall–Kier alpha value is -2.33. The van der Waals surface area contributed by atoms with Crippen LogP contribution in [0.3, 0.4) is 0 Å². The molecule has 1 aromatic heterocycles. The molecule has 2 N–H and O–H groups in total. The maximum Gasteiger partial charge on any atom is 0.123 e. The van der Waals surface area contributed by atoms with Crippen molar-refractivity contribution in [3.63, 3.8) is 0 Å². The van der Waals surface area contributed by atoms with Gasteiger partial charge in [0.25, 0.3) is 0 Å². The highest BCUT2D eigenvalue weighted by molar-refractivity contribution is 5.76. The van der Waals surface area contributed by atoms with Crippen molar-refractivity contribution in [3.05, 3.63) is 59.4 Å². The summed E-state index contributed by atoms with van der Waals surface area (Å²) in [5.74, 6) is 1.79. The Labute approximate surface area is 130 Å². The largest absolute Gasteiger partial charge is 0.492 e. The van der Waals surface area contributed by atoms with Gasteiger partial charge >= 0.3 is 0 Å². The summed E-state index contributed by atoms with van der Waals surface area (Å²) in [7, 11) is 0. The number of nitrogens with two attached hydrogens (primary N) is 1. The predicted octanol–water partition coefficient (Wildman–Crippen LogP) is 3.19. The number of rotatable bonds is 5. The van der Waals surface area contributed by atoms with Crippen molar-refractivity contribution in [2.24, 2.45) is 5.73 Å². The SMILES string of the molecule is Cc1cccc(OCCn2c(CN)nc3cc(C)ccc32)c1. The van der Waals surface area contributed by atoms with E-state index in [1.807, 2.05) is 18.2 Å². The fourth-order valence-electron chi connectivity index (χ4n) is 2.65. The van der Waals surface area contributed by atoms with Gasteiger partial charge in [0.2, 0.25) is 0 Å². The summed E-state index contributed by atoms with van der Waals surface area (Å²) in [6.07, 6.45) is 0. The first kappa shape index (κ1) is 14.6. The standard InChI is InChI=1S/C18H21N3O/c1-13-4-3-5-15(10-13)22-9-8-21-17-7-6-14(2)11-16(17)20-18(21)12-19/h3-7,10-11H,8-9,12,19H2,1-2H3. The molecule has 1 heterocycles. The average Bonchev–Trinajstić information content (AvgIpc) is 2.84. The van der Waals surface area contributed by atoms with Crippen molar-refractivity contribution >= 4 is 11.0 Å². The molecule has 4 heteroatoms. The summed E-state index contributed by atoms with van der Waals surface area (Å²) in [6, 6.07) is 14.4. The molecule has 0 amide bonds. The first-order chi connectivity index (χ1) is 10.7. The maximum atomic E-state index is 5.84. The number of aromatic nitrogens is 2. The van der Waals surface area contributed by atoms with Gasteiger partial charge in [-0.05, 0) is 49.2 Å². The lowest BCUT2D eigenvalue weighted by molar-refractivity contribution is 0.298. The number of fused-ring (bicyclic) bond motifs is 1. The zero-order chi connectivity index (χ0) is 15.5. The van der Waals surface area contributed by atoms with Crippen LogP contribution >= 0.6 is 0 Å². The molecule has 3 aromatic rings. The topological polar surface area (TPSA) is 53.1 Å². The molecule has 0 aliphatic rings. The molecule has 22 heavy (non-hydrogen) atoms. The van der Waals surface area contributed by atoms with Crippen LogP contribution in [0.4, 0.5) is 0 Å². The van der Waals surface area contributed by atoms with E-state index in [9.17, 15) is 0 Å². The van der Waals surface area contributed by atoms with Crippen LogP contribution in [0.25, 0.3) is 11.0 Å². The first-order valence-electron chi connectivity index (χ1n) is 7.52. The van der Waals surface area contributed by atoms with E-state index in [1.165, 1.54) is 11.1 Å². The maximum absolute atomic E-state index is 5.84. The molecule has 3 rings (SSSR count). The number of hydrogen-bond acceptors (Lipinski definition) is 3. The third-order valence-electron chi connectivity index (χ3n) is 3.74. The summed E-state index contributed by atoms with van der Waals surface area (Å²) in [4.78, 5) is 4.61. The Bertz CT molecular complexity index is 792. The lowest BCUT2D eigenvalue weighted by Gasteiger charge is -2.10. The van der Waals surface area contributed by atoms with Crippen molar-refractivity contribution in [2.45, 2.75) is 26.9 Å². The monoisotopic (exact) mass is 295 g/mol. The third kappa shape index (κ3) is 2.97. The summed E-state index contributed by atoms with van der Waals surface area (Å²) < 4.78 is 7.99. The molecular formula is C18H21N3O. The molecule has 4 nitrogen and oxygen atoms in total. The smallest absolute Gasteiger partial charge is 0.123 e. The van der Waals surface area contributed by atoms with E-state index in [-0.39, 0.29) is 0 Å². The fraction of sp³-hybridized carbons (Fsp3) is 0.278. The van der Waals surface area contributed by atoms with Gasteiger partial charge in [0, 0.05) is 0 Å². The Morgan fingerprint density at radius 1 is 1.09 bits per heavy atom.